The molecule has 3 nitrogen and oxygen atoms in total. The fourth-order valence-corrected chi connectivity index (χ4v) is 1.63. The number of nitrogens with one attached hydrogen (secondary N) is 1. The highest BCUT2D eigenvalue weighted by Gasteiger charge is 2.12. The minimum atomic E-state index is -0.246. The SMILES string of the molecule is CC(CCl)C(=O)Nc1ccc(C#N)cc1Br. The molecule has 16 heavy (non-hydrogen) atoms. The molecule has 1 aromatic carbocycles. The molecule has 0 aromatic heterocycles. The molecular formula is C11H10BrClN2O. The van der Waals surface area contributed by atoms with Gasteiger partial charge in [0.1, 0.15) is 0 Å². The van der Waals surface area contributed by atoms with E-state index in [1.54, 1.807) is 25.1 Å². The molecule has 1 N–H and O–H groups in total. The number of nitriles is 1. The Hall–Kier alpha value is -1.05. The van der Waals surface area contributed by atoms with Crippen molar-refractivity contribution in [2.45, 2.75) is 6.92 Å². The first-order valence-electron chi connectivity index (χ1n) is 4.65. The number of carbonyl (C=O) groups is 1. The lowest BCUT2D eigenvalue weighted by Crippen LogP contribution is -2.21. The van der Waals surface area contributed by atoms with Gasteiger partial charge in [0.15, 0.2) is 0 Å². The van der Waals surface area contributed by atoms with E-state index in [0.29, 0.717) is 15.7 Å². The Balaban J connectivity index is 2.83. The predicted octanol–water partition coefficient (Wildman–Crippen LogP) is 3.13. The summed E-state index contributed by atoms with van der Waals surface area (Å²) >= 11 is 8.87. The monoisotopic (exact) mass is 300 g/mol. The number of alkyl halides is 1. The summed E-state index contributed by atoms with van der Waals surface area (Å²) in [5, 5.41) is 11.4. The Morgan fingerprint density at radius 3 is 2.88 bits per heavy atom. The first-order chi connectivity index (χ1) is 7.58. The molecule has 0 radical (unpaired) electrons. The molecule has 1 amide bonds. The van der Waals surface area contributed by atoms with Gasteiger partial charge in [-0.2, -0.15) is 5.26 Å². The Morgan fingerprint density at radius 2 is 2.38 bits per heavy atom. The molecule has 0 fully saturated rings. The molecule has 1 atom stereocenters. The molecule has 1 unspecified atom stereocenters. The number of amides is 1. The van der Waals surface area contributed by atoms with Crippen LogP contribution in [0, 0.1) is 17.2 Å². The largest absolute Gasteiger partial charge is 0.325 e. The van der Waals surface area contributed by atoms with E-state index in [1.807, 2.05) is 6.07 Å². The second-order valence-corrected chi connectivity index (χ2v) is 4.51. The summed E-state index contributed by atoms with van der Waals surface area (Å²) in [5.74, 6) is -0.107. The number of anilines is 1. The van der Waals surface area contributed by atoms with E-state index in [1.165, 1.54) is 0 Å². The molecule has 0 saturated carbocycles. The molecule has 1 aromatic rings. The highest BCUT2D eigenvalue weighted by molar-refractivity contribution is 9.10. The summed E-state index contributed by atoms with van der Waals surface area (Å²) in [6, 6.07) is 7.00. The van der Waals surface area contributed by atoms with Crippen LogP contribution < -0.4 is 5.32 Å². The number of halogens is 2. The fourth-order valence-electron chi connectivity index (χ4n) is 1.01. The second kappa shape index (κ2) is 5.88. The van der Waals surface area contributed by atoms with Crippen LogP contribution in [0.15, 0.2) is 22.7 Å². The van der Waals surface area contributed by atoms with Gasteiger partial charge in [0.05, 0.1) is 17.3 Å². The van der Waals surface area contributed by atoms with Crippen molar-refractivity contribution in [1.29, 1.82) is 5.26 Å². The molecule has 0 heterocycles. The molecule has 1 rings (SSSR count). The molecule has 0 saturated heterocycles. The summed E-state index contributed by atoms with van der Waals surface area (Å²) in [6.07, 6.45) is 0. The van der Waals surface area contributed by atoms with Crippen LogP contribution >= 0.6 is 27.5 Å². The third-order valence-electron chi connectivity index (χ3n) is 2.04. The van der Waals surface area contributed by atoms with Crippen LogP contribution in [0.3, 0.4) is 0 Å². The lowest BCUT2D eigenvalue weighted by molar-refractivity contribution is -0.118. The van der Waals surface area contributed by atoms with Gasteiger partial charge in [-0.1, -0.05) is 6.92 Å². The van der Waals surface area contributed by atoms with Crippen molar-refractivity contribution < 1.29 is 4.79 Å². The van der Waals surface area contributed by atoms with Gasteiger partial charge in [-0.15, -0.1) is 11.6 Å². The summed E-state index contributed by atoms with van der Waals surface area (Å²) in [6.45, 7) is 1.75. The van der Waals surface area contributed by atoms with E-state index in [-0.39, 0.29) is 17.7 Å². The highest BCUT2D eigenvalue weighted by atomic mass is 79.9. The van der Waals surface area contributed by atoms with Crippen LogP contribution in [0.5, 0.6) is 0 Å². The molecule has 0 aliphatic carbocycles. The van der Waals surface area contributed by atoms with E-state index in [4.69, 9.17) is 16.9 Å². The Labute approximate surface area is 108 Å². The van der Waals surface area contributed by atoms with Crippen molar-refractivity contribution in [2.24, 2.45) is 5.92 Å². The fraction of sp³-hybridized carbons (Fsp3) is 0.273. The van der Waals surface area contributed by atoms with Crippen molar-refractivity contribution in [3.63, 3.8) is 0 Å². The number of nitrogens with zero attached hydrogens (tertiary/aromatic N) is 1. The van der Waals surface area contributed by atoms with Crippen LogP contribution in [0.2, 0.25) is 0 Å². The lowest BCUT2D eigenvalue weighted by Gasteiger charge is -2.10. The van der Waals surface area contributed by atoms with Gasteiger partial charge in [0.2, 0.25) is 5.91 Å². The quantitative estimate of drug-likeness (QED) is 0.872. The van der Waals surface area contributed by atoms with Crippen molar-refractivity contribution in [3.8, 4) is 6.07 Å². The summed E-state index contributed by atoms with van der Waals surface area (Å²) < 4.78 is 0.682. The van der Waals surface area contributed by atoms with E-state index in [0.717, 1.165) is 0 Å². The Morgan fingerprint density at radius 1 is 1.69 bits per heavy atom. The zero-order valence-corrected chi connectivity index (χ0v) is 11.0. The summed E-state index contributed by atoms with van der Waals surface area (Å²) in [4.78, 5) is 11.6. The van der Waals surface area contributed by atoms with Gasteiger partial charge in [-0.25, -0.2) is 0 Å². The maximum atomic E-state index is 11.6. The van der Waals surface area contributed by atoms with Crippen LogP contribution in [-0.2, 0) is 4.79 Å². The van der Waals surface area contributed by atoms with E-state index in [9.17, 15) is 4.79 Å². The van der Waals surface area contributed by atoms with E-state index < -0.39 is 0 Å². The van der Waals surface area contributed by atoms with Crippen LogP contribution in [0.25, 0.3) is 0 Å². The molecule has 0 bridgehead atoms. The topological polar surface area (TPSA) is 52.9 Å². The third kappa shape index (κ3) is 3.22. The minimum Gasteiger partial charge on any atom is -0.325 e. The molecule has 5 heteroatoms. The van der Waals surface area contributed by atoms with Crippen LogP contribution in [0.1, 0.15) is 12.5 Å². The molecule has 0 aliphatic rings. The number of rotatable bonds is 3. The first-order valence-corrected chi connectivity index (χ1v) is 5.97. The summed E-state index contributed by atoms with van der Waals surface area (Å²) in [5.41, 5.74) is 1.18. The zero-order chi connectivity index (χ0) is 12.1. The highest BCUT2D eigenvalue weighted by Crippen LogP contribution is 2.23. The average molecular weight is 302 g/mol. The third-order valence-corrected chi connectivity index (χ3v) is 3.15. The van der Waals surface area contributed by atoms with Crippen LogP contribution in [0.4, 0.5) is 5.69 Å². The maximum Gasteiger partial charge on any atom is 0.228 e. The number of carbonyl (C=O) groups excluding carboxylic acids is 1. The van der Waals surface area contributed by atoms with Gasteiger partial charge in [-0.3, -0.25) is 4.79 Å². The van der Waals surface area contributed by atoms with Crippen molar-refractivity contribution in [2.75, 3.05) is 11.2 Å². The number of hydrogen-bond acceptors (Lipinski definition) is 2. The van der Waals surface area contributed by atoms with E-state index in [2.05, 4.69) is 21.2 Å². The van der Waals surface area contributed by atoms with Crippen molar-refractivity contribution >= 4 is 39.1 Å². The normalized spacial score (nSPS) is 11.6. The molecule has 0 aliphatic heterocycles. The molecule has 0 spiro atoms. The molecule has 84 valence electrons. The standard InChI is InChI=1S/C11H10BrClN2O/c1-7(5-13)11(16)15-10-3-2-8(6-14)4-9(10)12/h2-4,7H,5H2,1H3,(H,15,16). The Bertz CT molecular complexity index is 442. The predicted molar refractivity (Wildman–Crippen MR) is 67.4 cm³/mol. The van der Waals surface area contributed by atoms with Gasteiger partial charge in [-0.05, 0) is 34.1 Å². The average Bonchev–Trinajstić information content (AvgIpc) is 2.30. The van der Waals surface area contributed by atoms with Crippen molar-refractivity contribution in [1.82, 2.24) is 0 Å². The zero-order valence-electron chi connectivity index (χ0n) is 8.63. The second-order valence-electron chi connectivity index (χ2n) is 3.35. The summed E-state index contributed by atoms with van der Waals surface area (Å²) in [7, 11) is 0. The van der Waals surface area contributed by atoms with Gasteiger partial charge >= 0.3 is 0 Å². The maximum absolute atomic E-state index is 11.6. The lowest BCUT2D eigenvalue weighted by atomic mass is 10.2. The van der Waals surface area contributed by atoms with Crippen molar-refractivity contribution in [3.05, 3.63) is 28.2 Å². The first kappa shape index (κ1) is 13.0. The minimum absolute atomic E-state index is 0.139. The number of hydrogen-bond donors (Lipinski definition) is 1. The smallest absolute Gasteiger partial charge is 0.228 e. The van der Waals surface area contributed by atoms with Gasteiger partial charge in [0, 0.05) is 16.3 Å². The van der Waals surface area contributed by atoms with Gasteiger partial charge in [0.25, 0.3) is 0 Å². The van der Waals surface area contributed by atoms with Gasteiger partial charge < -0.3 is 5.32 Å². The van der Waals surface area contributed by atoms with Crippen LogP contribution in [-0.4, -0.2) is 11.8 Å². The molecular weight excluding hydrogens is 291 g/mol. The number of benzene rings is 1. The van der Waals surface area contributed by atoms with E-state index >= 15 is 0 Å². The Kier molecular flexibility index (Phi) is 4.78.